The molecule has 2 rings (SSSR count). The van der Waals surface area contributed by atoms with Crippen LogP contribution in [0, 0.1) is 0 Å². The molecule has 1 saturated heterocycles. The van der Waals surface area contributed by atoms with Crippen LogP contribution in [0.5, 0.6) is 0 Å². The van der Waals surface area contributed by atoms with Crippen molar-refractivity contribution in [2.45, 2.75) is 6.92 Å². The molecule has 6 heteroatoms. The number of rotatable bonds is 4. The number of amides is 2. The van der Waals surface area contributed by atoms with Crippen LogP contribution >= 0.6 is 15.9 Å². The lowest BCUT2D eigenvalue weighted by Gasteiger charge is -2.34. The predicted molar refractivity (Wildman–Crippen MR) is 85.2 cm³/mol. The molecule has 2 amide bonds. The van der Waals surface area contributed by atoms with Crippen molar-refractivity contribution in [3.05, 3.63) is 34.3 Å². The third-order valence-corrected chi connectivity index (χ3v) is 4.20. The lowest BCUT2D eigenvalue weighted by molar-refractivity contribution is -0.122. The number of likely N-dealkylation sites (N-methyl/N-ethyl adjacent to an activating group) is 1. The molecule has 0 aromatic heterocycles. The molecule has 1 aliphatic heterocycles. The average molecular weight is 354 g/mol. The SMILES string of the molecule is CCNC(=O)CN1CCN(C(=O)c2ccccc2Br)CC1. The first-order chi connectivity index (χ1) is 10.1. The second-order valence-electron chi connectivity index (χ2n) is 5.00. The first-order valence-electron chi connectivity index (χ1n) is 7.14. The molecule has 1 heterocycles. The number of carbonyl (C=O) groups is 2. The standard InChI is InChI=1S/C15H20BrN3O2/c1-2-17-14(20)11-18-7-9-19(10-8-18)15(21)12-5-3-4-6-13(12)16/h3-6H,2,7-11H2,1H3,(H,17,20). The van der Waals surface area contributed by atoms with Gasteiger partial charge in [0.05, 0.1) is 12.1 Å². The van der Waals surface area contributed by atoms with Crippen LogP contribution in [0.15, 0.2) is 28.7 Å². The Morgan fingerprint density at radius 2 is 1.86 bits per heavy atom. The van der Waals surface area contributed by atoms with Crippen LogP contribution in [0.4, 0.5) is 0 Å². The van der Waals surface area contributed by atoms with Gasteiger partial charge in [0.25, 0.3) is 5.91 Å². The number of hydrogen-bond donors (Lipinski definition) is 1. The number of hydrogen-bond acceptors (Lipinski definition) is 3. The summed E-state index contributed by atoms with van der Waals surface area (Å²) in [5.74, 6) is 0.0863. The fourth-order valence-corrected chi connectivity index (χ4v) is 2.82. The van der Waals surface area contributed by atoms with Gasteiger partial charge in [0.15, 0.2) is 0 Å². The molecular weight excluding hydrogens is 334 g/mol. The van der Waals surface area contributed by atoms with Crippen LogP contribution in [0.2, 0.25) is 0 Å². The molecule has 1 N–H and O–H groups in total. The quantitative estimate of drug-likeness (QED) is 0.888. The Morgan fingerprint density at radius 3 is 2.48 bits per heavy atom. The smallest absolute Gasteiger partial charge is 0.255 e. The van der Waals surface area contributed by atoms with Gasteiger partial charge in [-0.1, -0.05) is 12.1 Å². The minimum Gasteiger partial charge on any atom is -0.355 e. The van der Waals surface area contributed by atoms with Gasteiger partial charge in [-0.2, -0.15) is 0 Å². The molecular formula is C15H20BrN3O2. The molecule has 21 heavy (non-hydrogen) atoms. The van der Waals surface area contributed by atoms with Crippen LogP contribution in [0.3, 0.4) is 0 Å². The molecule has 0 bridgehead atoms. The monoisotopic (exact) mass is 353 g/mol. The summed E-state index contributed by atoms with van der Waals surface area (Å²) in [6.07, 6.45) is 0. The van der Waals surface area contributed by atoms with Gasteiger partial charge in [-0.3, -0.25) is 14.5 Å². The van der Waals surface area contributed by atoms with Gasteiger partial charge in [0.2, 0.25) is 5.91 Å². The summed E-state index contributed by atoms with van der Waals surface area (Å²) in [5.41, 5.74) is 0.690. The van der Waals surface area contributed by atoms with E-state index in [0.717, 1.165) is 17.6 Å². The highest BCUT2D eigenvalue weighted by Crippen LogP contribution is 2.18. The van der Waals surface area contributed by atoms with Crippen molar-refractivity contribution in [1.29, 1.82) is 0 Å². The molecule has 1 fully saturated rings. The van der Waals surface area contributed by atoms with Crippen LogP contribution in [-0.4, -0.2) is 60.9 Å². The zero-order valence-electron chi connectivity index (χ0n) is 12.1. The van der Waals surface area contributed by atoms with Crippen molar-refractivity contribution >= 4 is 27.7 Å². The van der Waals surface area contributed by atoms with Crippen LogP contribution in [0.25, 0.3) is 0 Å². The maximum Gasteiger partial charge on any atom is 0.255 e. The summed E-state index contributed by atoms with van der Waals surface area (Å²) < 4.78 is 0.819. The van der Waals surface area contributed by atoms with Crippen LogP contribution < -0.4 is 5.32 Å². The lowest BCUT2D eigenvalue weighted by Crippen LogP contribution is -2.51. The first kappa shape index (κ1) is 16.0. The summed E-state index contributed by atoms with van der Waals surface area (Å²) in [5, 5.41) is 2.79. The van der Waals surface area contributed by atoms with E-state index in [9.17, 15) is 9.59 Å². The van der Waals surface area contributed by atoms with Crippen molar-refractivity contribution in [3.8, 4) is 0 Å². The second kappa shape index (κ2) is 7.56. The predicted octanol–water partition coefficient (Wildman–Crippen LogP) is 1.34. The summed E-state index contributed by atoms with van der Waals surface area (Å²) in [7, 11) is 0. The van der Waals surface area contributed by atoms with Crippen molar-refractivity contribution < 1.29 is 9.59 Å². The maximum absolute atomic E-state index is 12.5. The Kier molecular flexibility index (Phi) is 5.76. The summed E-state index contributed by atoms with van der Waals surface area (Å²) in [4.78, 5) is 27.9. The van der Waals surface area contributed by atoms with E-state index < -0.39 is 0 Å². The highest BCUT2D eigenvalue weighted by molar-refractivity contribution is 9.10. The Hall–Kier alpha value is -1.40. The second-order valence-corrected chi connectivity index (χ2v) is 5.86. The Morgan fingerprint density at radius 1 is 1.19 bits per heavy atom. The minimum atomic E-state index is 0.0418. The van der Waals surface area contributed by atoms with E-state index in [1.165, 1.54) is 0 Å². The highest BCUT2D eigenvalue weighted by Gasteiger charge is 2.24. The summed E-state index contributed by atoms with van der Waals surface area (Å²) >= 11 is 3.41. The lowest BCUT2D eigenvalue weighted by atomic mass is 10.2. The molecule has 1 aliphatic rings. The maximum atomic E-state index is 12.5. The molecule has 0 spiro atoms. The van der Waals surface area contributed by atoms with Crippen molar-refractivity contribution in [1.82, 2.24) is 15.1 Å². The van der Waals surface area contributed by atoms with Gasteiger partial charge < -0.3 is 10.2 Å². The number of nitrogens with zero attached hydrogens (tertiary/aromatic N) is 2. The minimum absolute atomic E-state index is 0.0418. The van der Waals surface area contributed by atoms with E-state index in [1.807, 2.05) is 36.1 Å². The van der Waals surface area contributed by atoms with Crippen LogP contribution in [-0.2, 0) is 4.79 Å². The van der Waals surface area contributed by atoms with Crippen molar-refractivity contribution in [2.24, 2.45) is 0 Å². The largest absolute Gasteiger partial charge is 0.355 e. The highest BCUT2D eigenvalue weighted by atomic mass is 79.9. The van der Waals surface area contributed by atoms with E-state index in [2.05, 4.69) is 26.1 Å². The number of piperazine rings is 1. The molecule has 5 nitrogen and oxygen atoms in total. The molecule has 1 aromatic rings. The van der Waals surface area contributed by atoms with Gasteiger partial charge in [0, 0.05) is 37.2 Å². The van der Waals surface area contributed by atoms with Gasteiger partial charge in [0.1, 0.15) is 0 Å². The van der Waals surface area contributed by atoms with Crippen LogP contribution in [0.1, 0.15) is 17.3 Å². The normalized spacial score (nSPS) is 15.8. The molecule has 0 aliphatic carbocycles. The molecule has 0 saturated carbocycles. The van der Waals surface area contributed by atoms with Gasteiger partial charge in [-0.15, -0.1) is 0 Å². The number of benzene rings is 1. The van der Waals surface area contributed by atoms with Gasteiger partial charge in [-0.05, 0) is 35.0 Å². The zero-order chi connectivity index (χ0) is 15.2. The molecule has 1 aromatic carbocycles. The number of carbonyl (C=O) groups excluding carboxylic acids is 2. The molecule has 114 valence electrons. The van der Waals surface area contributed by atoms with E-state index in [0.29, 0.717) is 31.7 Å². The third-order valence-electron chi connectivity index (χ3n) is 3.50. The average Bonchev–Trinajstić information content (AvgIpc) is 2.48. The topological polar surface area (TPSA) is 52.7 Å². The number of nitrogens with one attached hydrogen (secondary N) is 1. The van der Waals surface area contributed by atoms with Crippen molar-refractivity contribution in [3.63, 3.8) is 0 Å². The Bertz CT molecular complexity index is 513. The Labute approximate surface area is 133 Å². The molecule has 0 atom stereocenters. The Balaban J connectivity index is 1.88. The van der Waals surface area contributed by atoms with Gasteiger partial charge in [-0.25, -0.2) is 0 Å². The fourth-order valence-electron chi connectivity index (χ4n) is 2.37. The summed E-state index contributed by atoms with van der Waals surface area (Å²) in [6.45, 7) is 5.73. The van der Waals surface area contributed by atoms with Gasteiger partial charge >= 0.3 is 0 Å². The van der Waals surface area contributed by atoms with E-state index in [4.69, 9.17) is 0 Å². The van der Waals surface area contributed by atoms with E-state index in [-0.39, 0.29) is 11.8 Å². The van der Waals surface area contributed by atoms with E-state index in [1.54, 1.807) is 0 Å². The molecule has 0 radical (unpaired) electrons. The molecule has 0 unspecified atom stereocenters. The zero-order valence-corrected chi connectivity index (χ0v) is 13.7. The summed E-state index contributed by atoms with van der Waals surface area (Å²) in [6, 6.07) is 7.46. The third kappa shape index (κ3) is 4.28. The fraction of sp³-hybridized carbons (Fsp3) is 0.467. The van der Waals surface area contributed by atoms with E-state index >= 15 is 0 Å². The van der Waals surface area contributed by atoms with Crippen molar-refractivity contribution in [2.75, 3.05) is 39.3 Å². The first-order valence-corrected chi connectivity index (χ1v) is 7.94. The number of halogens is 1.